The fourth-order valence-corrected chi connectivity index (χ4v) is 2.53. The topological polar surface area (TPSA) is 84.6 Å². The second kappa shape index (κ2) is 7.86. The van der Waals surface area contributed by atoms with Crippen LogP contribution in [0.3, 0.4) is 0 Å². The van der Waals surface area contributed by atoms with E-state index in [0.29, 0.717) is 16.5 Å². The van der Waals surface area contributed by atoms with Crippen molar-refractivity contribution in [1.29, 1.82) is 0 Å². The number of thioether (sulfide) groups is 1. The number of thiocarbonyl (C=S) groups is 1. The zero-order chi connectivity index (χ0) is 12.7. The molecule has 1 heterocycles. The van der Waals surface area contributed by atoms with Crippen LogP contribution in [-0.2, 0) is 9.53 Å². The second-order valence-electron chi connectivity index (χ2n) is 3.89. The Morgan fingerprint density at radius 3 is 3.06 bits per heavy atom. The highest BCUT2D eigenvalue weighted by atomic mass is 32.2. The maximum atomic E-state index is 10.5. The summed E-state index contributed by atoms with van der Waals surface area (Å²) in [6, 6.07) is -0.802. The standard InChI is InChI=1S/C10H18N2O3S2/c11-8(9(13)14)3-5-17-10(16)12-6-7-2-1-4-15-7/h7-8H,1-6,11H2,(H,12,16)(H,13,14). The number of hydrogen-bond acceptors (Lipinski definition) is 5. The molecule has 5 nitrogen and oxygen atoms in total. The average Bonchev–Trinajstić information content (AvgIpc) is 2.78. The van der Waals surface area contributed by atoms with Gasteiger partial charge >= 0.3 is 5.97 Å². The van der Waals surface area contributed by atoms with Crippen molar-refractivity contribution in [3.05, 3.63) is 0 Å². The predicted octanol–water partition coefficient (Wildman–Crippen LogP) is 0.575. The molecule has 98 valence electrons. The molecule has 0 radical (unpaired) electrons. The van der Waals surface area contributed by atoms with Crippen molar-refractivity contribution in [2.45, 2.75) is 31.4 Å². The number of carbonyl (C=O) groups is 1. The molecule has 4 N–H and O–H groups in total. The second-order valence-corrected chi connectivity index (χ2v) is 5.66. The summed E-state index contributed by atoms with van der Waals surface area (Å²) < 4.78 is 6.13. The first kappa shape index (κ1) is 14.7. The van der Waals surface area contributed by atoms with Crippen LogP contribution in [0.15, 0.2) is 0 Å². The van der Waals surface area contributed by atoms with E-state index in [4.69, 9.17) is 27.8 Å². The van der Waals surface area contributed by atoms with Crippen molar-refractivity contribution in [1.82, 2.24) is 5.32 Å². The Balaban J connectivity index is 2.02. The molecule has 0 aliphatic carbocycles. The summed E-state index contributed by atoms with van der Waals surface area (Å²) in [5.41, 5.74) is 5.38. The van der Waals surface area contributed by atoms with Crippen LogP contribution >= 0.6 is 24.0 Å². The lowest BCUT2D eigenvalue weighted by Crippen LogP contribution is -2.32. The number of carboxylic acids is 1. The average molecular weight is 278 g/mol. The molecule has 0 saturated carbocycles. The predicted molar refractivity (Wildman–Crippen MR) is 72.3 cm³/mol. The van der Waals surface area contributed by atoms with Gasteiger partial charge in [0.15, 0.2) is 0 Å². The Morgan fingerprint density at radius 2 is 2.47 bits per heavy atom. The van der Waals surface area contributed by atoms with Crippen molar-refractivity contribution in [3.8, 4) is 0 Å². The number of aliphatic carboxylic acids is 1. The Kier molecular flexibility index (Phi) is 6.79. The summed E-state index contributed by atoms with van der Waals surface area (Å²) in [6.07, 6.45) is 2.86. The van der Waals surface area contributed by atoms with Crippen LogP contribution in [0.2, 0.25) is 0 Å². The lowest BCUT2D eigenvalue weighted by Gasteiger charge is -2.12. The van der Waals surface area contributed by atoms with Gasteiger partial charge in [-0.2, -0.15) is 0 Å². The zero-order valence-electron chi connectivity index (χ0n) is 9.55. The van der Waals surface area contributed by atoms with Crippen molar-refractivity contribution in [3.63, 3.8) is 0 Å². The van der Waals surface area contributed by atoms with Gasteiger partial charge in [-0.25, -0.2) is 0 Å². The molecule has 2 atom stereocenters. The Hall–Kier alpha value is -0.370. The smallest absolute Gasteiger partial charge is 0.320 e. The van der Waals surface area contributed by atoms with Gasteiger partial charge < -0.3 is 20.9 Å². The van der Waals surface area contributed by atoms with Crippen LogP contribution in [0.1, 0.15) is 19.3 Å². The molecule has 0 amide bonds. The van der Waals surface area contributed by atoms with Gasteiger partial charge in [0.05, 0.1) is 6.10 Å². The quantitative estimate of drug-likeness (QED) is 0.613. The summed E-state index contributed by atoms with van der Waals surface area (Å²) in [5.74, 6) is -0.353. The molecule has 1 fully saturated rings. The summed E-state index contributed by atoms with van der Waals surface area (Å²) in [5, 5.41) is 11.7. The van der Waals surface area contributed by atoms with E-state index >= 15 is 0 Å². The van der Waals surface area contributed by atoms with E-state index in [1.54, 1.807) is 0 Å². The van der Waals surface area contributed by atoms with E-state index in [1.165, 1.54) is 11.8 Å². The third-order valence-electron chi connectivity index (χ3n) is 2.48. The van der Waals surface area contributed by atoms with E-state index in [1.807, 2.05) is 0 Å². The SMILES string of the molecule is NC(CCSC(=S)NCC1CCCO1)C(=O)O. The van der Waals surface area contributed by atoms with Crippen LogP contribution in [-0.4, -0.2) is 46.4 Å². The van der Waals surface area contributed by atoms with E-state index in [-0.39, 0.29) is 6.10 Å². The summed E-state index contributed by atoms with van der Waals surface area (Å²) >= 11 is 6.54. The fourth-order valence-electron chi connectivity index (χ4n) is 1.46. The van der Waals surface area contributed by atoms with Crippen LogP contribution in [0, 0.1) is 0 Å². The minimum absolute atomic E-state index is 0.259. The van der Waals surface area contributed by atoms with E-state index in [9.17, 15) is 4.79 Å². The first-order valence-electron chi connectivity index (χ1n) is 5.60. The molecular weight excluding hydrogens is 260 g/mol. The molecule has 1 rings (SSSR count). The van der Waals surface area contributed by atoms with Crippen molar-refractivity contribution in [2.24, 2.45) is 5.73 Å². The van der Waals surface area contributed by atoms with E-state index < -0.39 is 12.0 Å². The van der Waals surface area contributed by atoms with Gasteiger partial charge in [-0.05, 0) is 19.3 Å². The Morgan fingerprint density at radius 1 is 1.71 bits per heavy atom. The maximum Gasteiger partial charge on any atom is 0.320 e. The zero-order valence-corrected chi connectivity index (χ0v) is 11.2. The van der Waals surface area contributed by atoms with Gasteiger partial charge in [-0.1, -0.05) is 24.0 Å². The maximum absolute atomic E-state index is 10.5. The number of nitrogens with two attached hydrogens (primary N) is 1. The number of carboxylic acid groups (broad SMARTS) is 1. The normalized spacial score (nSPS) is 21.1. The lowest BCUT2D eigenvalue weighted by molar-refractivity contribution is -0.138. The van der Waals surface area contributed by atoms with Gasteiger partial charge in [0, 0.05) is 18.9 Å². The number of hydrogen-bond donors (Lipinski definition) is 3. The van der Waals surface area contributed by atoms with Crippen molar-refractivity contribution in [2.75, 3.05) is 18.9 Å². The number of nitrogens with one attached hydrogen (secondary N) is 1. The monoisotopic (exact) mass is 278 g/mol. The molecule has 0 spiro atoms. The minimum Gasteiger partial charge on any atom is -0.480 e. The molecule has 1 saturated heterocycles. The molecule has 7 heteroatoms. The summed E-state index contributed by atoms with van der Waals surface area (Å²) in [4.78, 5) is 10.5. The molecular formula is C10H18N2O3S2. The lowest BCUT2D eigenvalue weighted by atomic mass is 10.2. The Labute approximate surface area is 110 Å². The molecule has 1 aliphatic rings. The van der Waals surface area contributed by atoms with Gasteiger partial charge in [-0.3, -0.25) is 4.79 Å². The largest absolute Gasteiger partial charge is 0.480 e. The van der Waals surface area contributed by atoms with Crippen LogP contribution in [0.4, 0.5) is 0 Å². The molecule has 17 heavy (non-hydrogen) atoms. The number of rotatable bonds is 6. The van der Waals surface area contributed by atoms with Crippen molar-refractivity contribution < 1.29 is 14.6 Å². The van der Waals surface area contributed by atoms with Gasteiger partial charge in [0.1, 0.15) is 10.4 Å². The first-order chi connectivity index (χ1) is 8.09. The van der Waals surface area contributed by atoms with Gasteiger partial charge in [0.2, 0.25) is 0 Å². The van der Waals surface area contributed by atoms with E-state index in [2.05, 4.69) is 5.32 Å². The van der Waals surface area contributed by atoms with Gasteiger partial charge in [-0.15, -0.1) is 0 Å². The molecule has 0 aromatic heterocycles. The highest BCUT2D eigenvalue weighted by molar-refractivity contribution is 8.22. The minimum atomic E-state index is -0.969. The molecule has 1 aliphatic heterocycles. The summed E-state index contributed by atoms with van der Waals surface area (Å²) in [6.45, 7) is 1.57. The van der Waals surface area contributed by atoms with Crippen LogP contribution in [0.25, 0.3) is 0 Å². The molecule has 0 aromatic carbocycles. The van der Waals surface area contributed by atoms with E-state index in [0.717, 1.165) is 26.0 Å². The highest BCUT2D eigenvalue weighted by Crippen LogP contribution is 2.12. The highest BCUT2D eigenvalue weighted by Gasteiger charge is 2.15. The summed E-state index contributed by atoms with van der Waals surface area (Å²) in [7, 11) is 0. The third kappa shape index (κ3) is 6.21. The van der Waals surface area contributed by atoms with Crippen molar-refractivity contribution >= 4 is 34.3 Å². The first-order valence-corrected chi connectivity index (χ1v) is 6.99. The van der Waals surface area contributed by atoms with Crippen LogP contribution < -0.4 is 11.1 Å². The van der Waals surface area contributed by atoms with Gasteiger partial charge in [0.25, 0.3) is 0 Å². The molecule has 0 bridgehead atoms. The van der Waals surface area contributed by atoms with Crippen LogP contribution in [0.5, 0.6) is 0 Å². The Bertz CT molecular complexity index is 270. The fraction of sp³-hybridized carbons (Fsp3) is 0.800. The third-order valence-corrected chi connectivity index (χ3v) is 3.82. The molecule has 0 aromatic rings. The number of ether oxygens (including phenoxy) is 1. The molecule has 2 unspecified atom stereocenters.